The van der Waals surface area contributed by atoms with Crippen molar-refractivity contribution in [1.82, 2.24) is 10.2 Å². The van der Waals surface area contributed by atoms with Gasteiger partial charge in [0.15, 0.2) is 0 Å². The van der Waals surface area contributed by atoms with Gasteiger partial charge < -0.3 is 15.4 Å². The van der Waals surface area contributed by atoms with Crippen molar-refractivity contribution in [2.45, 2.75) is 18.9 Å². The van der Waals surface area contributed by atoms with E-state index in [0.29, 0.717) is 23.7 Å². The summed E-state index contributed by atoms with van der Waals surface area (Å²) in [5.74, 6) is 1.18. The van der Waals surface area contributed by atoms with Crippen LogP contribution in [0.1, 0.15) is 30.0 Å². The average Bonchev–Trinajstić information content (AvgIpc) is 2.73. The fraction of sp³-hybridized carbons (Fsp3) is 0.364. The Kier molecular flexibility index (Phi) is 6.51. The van der Waals surface area contributed by atoms with Gasteiger partial charge in [0.2, 0.25) is 0 Å². The number of carbonyl (C=O) groups excluding carboxylic acids is 1. The number of nitrogens with zero attached hydrogens (tertiary/aromatic N) is 2. The molecule has 1 saturated heterocycles. The summed E-state index contributed by atoms with van der Waals surface area (Å²) in [5.41, 5.74) is 2.48. The third-order valence-electron chi connectivity index (χ3n) is 5.26. The lowest BCUT2D eigenvalue weighted by atomic mass is 9.85. The zero-order valence-corrected chi connectivity index (χ0v) is 16.3. The number of carbonyl (C=O) groups is 1. The summed E-state index contributed by atoms with van der Waals surface area (Å²) in [5, 5.41) is 14.7. The molecule has 0 bridgehead atoms. The molecule has 0 aromatic heterocycles. The van der Waals surface area contributed by atoms with E-state index in [1.54, 1.807) is 31.4 Å². The van der Waals surface area contributed by atoms with E-state index in [1.165, 1.54) is 5.56 Å². The van der Waals surface area contributed by atoms with Crippen LogP contribution in [-0.4, -0.2) is 38.2 Å². The molecule has 2 aromatic rings. The number of hydrogen-bond donors (Lipinski definition) is 2. The molecule has 146 valence electrons. The number of ether oxygens (including phenoxy) is 1. The van der Waals surface area contributed by atoms with E-state index >= 15 is 0 Å². The first kappa shape index (κ1) is 19.7. The number of urea groups is 1. The SMILES string of the molecule is COc1ccc(C2C(CNC(=O)Nc3ccc(C#N)cc3)CCCN2C)cc1. The van der Waals surface area contributed by atoms with E-state index in [2.05, 4.69) is 40.8 Å². The average molecular weight is 378 g/mol. The van der Waals surface area contributed by atoms with Gasteiger partial charge in [-0.3, -0.25) is 4.90 Å². The first-order chi connectivity index (χ1) is 13.6. The molecule has 0 radical (unpaired) electrons. The molecule has 1 heterocycles. The molecular weight excluding hydrogens is 352 g/mol. The Morgan fingerprint density at radius 1 is 1.21 bits per heavy atom. The van der Waals surface area contributed by atoms with E-state index in [4.69, 9.17) is 10.00 Å². The maximum atomic E-state index is 12.3. The van der Waals surface area contributed by atoms with Crippen molar-refractivity contribution in [3.8, 4) is 11.8 Å². The lowest BCUT2D eigenvalue weighted by Gasteiger charge is -2.39. The zero-order chi connectivity index (χ0) is 19.9. The Morgan fingerprint density at radius 3 is 2.57 bits per heavy atom. The summed E-state index contributed by atoms with van der Waals surface area (Å²) >= 11 is 0. The van der Waals surface area contributed by atoms with Crippen LogP contribution in [0.5, 0.6) is 5.75 Å². The highest BCUT2D eigenvalue weighted by Crippen LogP contribution is 2.35. The Labute approximate surface area is 166 Å². The van der Waals surface area contributed by atoms with Crippen molar-refractivity contribution in [1.29, 1.82) is 5.26 Å². The van der Waals surface area contributed by atoms with Gasteiger partial charge in [-0.15, -0.1) is 0 Å². The topological polar surface area (TPSA) is 77.4 Å². The molecule has 2 amide bonds. The molecule has 2 atom stereocenters. The Morgan fingerprint density at radius 2 is 1.93 bits per heavy atom. The minimum Gasteiger partial charge on any atom is -0.497 e. The van der Waals surface area contributed by atoms with Gasteiger partial charge >= 0.3 is 6.03 Å². The Hall–Kier alpha value is -3.04. The molecule has 6 nitrogen and oxygen atoms in total. The van der Waals surface area contributed by atoms with Gasteiger partial charge in [-0.1, -0.05) is 12.1 Å². The monoisotopic (exact) mass is 378 g/mol. The summed E-state index contributed by atoms with van der Waals surface area (Å²) in [4.78, 5) is 14.7. The van der Waals surface area contributed by atoms with Crippen LogP contribution in [0, 0.1) is 17.2 Å². The minimum atomic E-state index is -0.230. The molecular formula is C22H26N4O2. The first-order valence-electron chi connectivity index (χ1n) is 9.50. The van der Waals surface area contributed by atoms with Crippen LogP contribution in [0.15, 0.2) is 48.5 Å². The number of nitriles is 1. The molecule has 2 N–H and O–H groups in total. The van der Waals surface area contributed by atoms with Crippen molar-refractivity contribution >= 4 is 11.7 Å². The minimum absolute atomic E-state index is 0.230. The van der Waals surface area contributed by atoms with Crippen molar-refractivity contribution in [3.63, 3.8) is 0 Å². The van der Waals surface area contributed by atoms with Crippen LogP contribution < -0.4 is 15.4 Å². The zero-order valence-electron chi connectivity index (χ0n) is 16.3. The Bertz CT molecular complexity index is 827. The van der Waals surface area contributed by atoms with Crippen molar-refractivity contribution in [2.75, 3.05) is 32.6 Å². The summed E-state index contributed by atoms with van der Waals surface area (Å²) in [6.07, 6.45) is 2.19. The van der Waals surface area contributed by atoms with Crippen LogP contribution in [-0.2, 0) is 0 Å². The van der Waals surface area contributed by atoms with Gasteiger partial charge in [0.05, 0.1) is 18.7 Å². The second kappa shape index (κ2) is 9.25. The number of anilines is 1. The number of methoxy groups -OCH3 is 1. The number of rotatable bonds is 5. The third kappa shape index (κ3) is 4.81. The number of nitrogens with one attached hydrogen (secondary N) is 2. The van der Waals surface area contributed by atoms with Crippen LogP contribution in [0.2, 0.25) is 0 Å². The lowest BCUT2D eigenvalue weighted by Crippen LogP contribution is -2.42. The molecule has 28 heavy (non-hydrogen) atoms. The second-order valence-electron chi connectivity index (χ2n) is 7.13. The fourth-order valence-corrected chi connectivity index (χ4v) is 3.83. The normalized spacial score (nSPS) is 19.5. The van der Waals surface area contributed by atoms with Gasteiger partial charge in [-0.05, 0) is 74.3 Å². The summed E-state index contributed by atoms with van der Waals surface area (Å²) in [6, 6.07) is 17.1. The maximum Gasteiger partial charge on any atom is 0.319 e. The largest absolute Gasteiger partial charge is 0.497 e. The van der Waals surface area contributed by atoms with E-state index in [-0.39, 0.29) is 12.1 Å². The van der Waals surface area contributed by atoms with Crippen LogP contribution >= 0.6 is 0 Å². The van der Waals surface area contributed by atoms with Crippen molar-refractivity contribution in [2.24, 2.45) is 5.92 Å². The molecule has 0 spiro atoms. The summed E-state index contributed by atoms with van der Waals surface area (Å²) in [7, 11) is 3.80. The second-order valence-corrected chi connectivity index (χ2v) is 7.13. The predicted octanol–water partition coefficient (Wildman–Crippen LogP) is 3.77. The van der Waals surface area contributed by atoms with E-state index in [9.17, 15) is 4.79 Å². The van der Waals surface area contributed by atoms with Crippen LogP contribution in [0.4, 0.5) is 10.5 Å². The molecule has 2 aromatic carbocycles. The molecule has 6 heteroatoms. The van der Waals surface area contributed by atoms with Crippen molar-refractivity contribution < 1.29 is 9.53 Å². The summed E-state index contributed by atoms with van der Waals surface area (Å²) < 4.78 is 5.26. The van der Waals surface area contributed by atoms with Gasteiger partial charge in [0, 0.05) is 18.3 Å². The van der Waals surface area contributed by atoms with E-state index < -0.39 is 0 Å². The van der Waals surface area contributed by atoms with Gasteiger partial charge in [-0.25, -0.2) is 4.79 Å². The smallest absolute Gasteiger partial charge is 0.319 e. The van der Waals surface area contributed by atoms with E-state index in [1.807, 2.05) is 12.1 Å². The predicted molar refractivity (Wildman–Crippen MR) is 109 cm³/mol. The fourth-order valence-electron chi connectivity index (χ4n) is 3.83. The van der Waals surface area contributed by atoms with Crippen molar-refractivity contribution in [3.05, 3.63) is 59.7 Å². The number of likely N-dealkylation sites (tertiary alicyclic amines) is 1. The first-order valence-corrected chi connectivity index (χ1v) is 9.50. The Balaban J connectivity index is 1.61. The number of benzene rings is 2. The molecule has 0 saturated carbocycles. The maximum absolute atomic E-state index is 12.3. The number of amides is 2. The van der Waals surface area contributed by atoms with Gasteiger partial charge in [0.1, 0.15) is 5.75 Å². The molecule has 1 aliphatic heterocycles. The third-order valence-corrected chi connectivity index (χ3v) is 5.26. The van der Waals surface area contributed by atoms with E-state index in [0.717, 1.165) is 25.1 Å². The molecule has 0 aliphatic carbocycles. The van der Waals surface area contributed by atoms with Gasteiger partial charge in [-0.2, -0.15) is 5.26 Å². The molecule has 1 aliphatic rings. The number of hydrogen-bond acceptors (Lipinski definition) is 4. The highest BCUT2D eigenvalue weighted by molar-refractivity contribution is 5.89. The van der Waals surface area contributed by atoms with Gasteiger partial charge in [0.25, 0.3) is 0 Å². The standard InChI is InChI=1S/C22H26N4O2/c1-26-13-3-4-18(21(26)17-7-11-20(28-2)12-8-17)15-24-22(27)25-19-9-5-16(14-23)6-10-19/h5-12,18,21H,3-4,13,15H2,1-2H3,(H2,24,25,27). The molecule has 1 fully saturated rings. The van der Waals surface area contributed by atoms with Crippen LogP contribution in [0.3, 0.4) is 0 Å². The van der Waals surface area contributed by atoms with Crippen LogP contribution in [0.25, 0.3) is 0 Å². The quantitative estimate of drug-likeness (QED) is 0.830. The molecule has 3 rings (SSSR count). The molecule has 2 unspecified atom stereocenters. The summed E-state index contributed by atoms with van der Waals surface area (Å²) in [6.45, 7) is 1.65. The highest BCUT2D eigenvalue weighted by atomic mass is 16.5. The lowest BCUT2D eigenvalue weighted by molar-refractivity contribution is 0.121. The number of piperidine rings is 1. The highest BCUT2D eigenvalue weighted by Gasteiger charge is 2.30.